The molecule has 0 aliphatic rings. The second-order valence-electron chi connectivity index (χ2n) is 7.88. The molecule has 0 aliphatic heterocycles. The molecule has 0 aliphatic carbocycles. The Hall–Kier alpha value is -0.860. The number of benzene rings is 1. The molecule has 1 rings (SSSR count). The van der Waals surface area contributed by atoms with E-state index in [0.29, 0.717) is 5.41 Å². The number of aliphatic hydroxyl groups excluding tert-OH is 1. The van der Waals surface area contributed by atoms with Crippen molar-refractivity contribution >= 4 is 0 Å². The Labute approximate surface area is 124 Å². The fourth-order valence-electron chi connectivity index (χ4n) is 2.17. The van der Waals surface area contributed by atoms with Gasteiger partial charge in [0.25, 0.3) is 0 Å². The van der Waals surface area contributed by atoms with E-state index in [0.717, 1.165) is 18.7 Å². The minimum Gasteiger partial charge on any atom is -0.392 e. The standard InChI is InChI=1S/C18H31NO/c1-17(2,3)10-11-19(18(4,5)6)13-15-8-7-9-16(12-15)14-20/h7-9,12,20H,10-11,13-14H2,1-6H3. The SMILES string of the molecule is CC(C)(C)CCN(Cc1cccc(CO)c1)C(C)(C)C. The van der Waals surface area contributed by atoms with Gasteiger partial charge < -0.3 is 5.11 Å². The molecule has 1 aromatic carbocycles. The molecule has 0 heterocycles. The van der Waals surface area contributed by atoms with Crippen LogP contribution in [-0.2, 0) is 13.2 Å². The van der Waals surface area contributed by atoms with Crippen molar-refractivity contribution < 1.29 is 5.11 Å². The molecule has 0 saturated carbocycles. The van der Waals surface area contributed by atoms with E-state index < -0.39 is 0 Å². The molecule has 0 fully saturated rings. The Balaban J connectivity index is 2.79. The van der Waals surface area contributed by atoms with Crippen LogP contribution in [0.4, 0.5) is 0 Å². The zero-order chi connectivity index (χ0) is 15.4. The summed E-state index contributed by atoms with van der Waals surface area (Å²) in [6, 6.07) is 8.26. The largest absolute Gasteiger partial charge is 0.392 e. The fraction of sp³-hybridized carbons (Fsp3) is 0.667. The van der Waals surface area contributed by atoms with Gasteiger partial charge in [0, 0.05) is 12.1 Å². The highest BCUT2D eigenvalue weighted by Gasteiger charge is 2.23. The van der Waals surface area contributed by atoms with Crippen LogP contribution in [0, 0.1) is 5.41 Å². The minimum atomic E-state index is 0.116. The van der Waals surface area contributed by atoms with E-state index in [1.165, 1.54) is 12.0 Å². The second kappa shape index (κ2) is 6.73. The van der Waals surface area contributed by atoms with Crippen LogP contribution in [-0.4, -0.2) is 22.1 Å². The van der Waals surface area contributed by atoms with Crippen molar-refractivity contribution in [3.8, 4) is 0 Å². The molecule has 1 aromatic rings. The highest BCUT2D eigenvalue weighted by atomic mass is 16.3. The number of rotatable bonds is 5. The van der Waals surface area contributed by atoms with E-state index >= 15 is 0 Å². The average Bonchev–Trinajstić information content (AvgIpc) is 2.32. The summed E-state index contributed by atoms with van der Waals surface area (Å²) >= 11 is 0. The molecule has 0 aromatic heterocycles. The topological polar surface area (TPSA) is 23.5 Å². The molecule has 0 saturated heterocycles. The van der Waals surface area contributed by atoms with Crippen molar-refractivity contribution in [1.29, 1.82) is 0 Å². The highest BCUT2D eigenvalue weighted by Crippen LogP contribution is 2.24. The van der Waals surface area contributed by atoms with E-state index in [1.54, 1.807) is 0 Å². The van der Waals surface area contributed by atoms with Gasteiger partial charge in [-0.2, -0.15) is 0 Å². The van der Waals surface area contributed by atoms with Crippen LogP contribution < -0.4 is 0 Å². The summed E-state index contributed by atoms with van der Waals surface area (Å²) in [6.07, 6.45) is 1.18. The molecular weight excluding hydrogens is 246 g/mol. The van der Waals surface area contributed by atoms with Gasteiger partial charge in [-0.3, -0.25) is 4.90 Å². The van der Waals surface area contributed by atoms with E-state index in [-0.39, 0.29) is 12.1 Å². The van der Waals surface area contributed by atoms with Gasteiger partial charge in [-0.1, -0.05) is 45.0 Å². The first-order valence-corrected chi connectivity index (χ1v) is 7.55. The van der Waals surface area contributed by atoms with Gasteiger partial charge in [-0.15, -0.1) is 0 Å². The van der Waals surface area contributed by atoms with Gasteiger partial charge in [0.2, 0.25) is 0 Å². The Morgan fingerprint density at radius 2 is 1.60 bits per heavy atom. The Morgan fingerprint density at radius 1 is 1.00 bits per heavy atom. The van der Waals surface area contributed by atoms with Crippen molar-refractivity contribution in [2.24, 2.45) is 5.41 Å². The number of aliphatic hydroxyl groups is 1. The zero-order valence-corrected chi connectivity index (χ0v) is 14.0. The summed E-state index contributed by atoms with van der Waals surface area (Å²) in [5, 5.41) is 9.25. The smallest absolute Gasteiger partial charge is 0.0681 e. The van der Waals surface area contributed by atoms with Gasteiger partial charge in [0.05, 0.1) is 6.61 Å². The lowest BCUT2D eigenvalue weighted by molar-refractivity contribution is 0.110. The zero-order valence-electron chi connectivity index (χ0n) is 14.0. The molecular formula is C18H31NO. The molecule has 0 spiro atoms. The lowest BCUT2D eigenvalue weighted by Gasteiger charge is -2.37. The molecule has 0 amide bonds. The van der Waals surface area contributed by atoms with Crippen molar-refractivity contribution in [3.05, 3.63) is 35.4 Å². The summed E-state index contributed by atoms with van der Waals surface area (Å²) in [4.78, 5) is 2.52. The fourth-order valence-corrected chi connectivity index (χ4v) is 2.17. The van der Waals surface area contributed by atoms with Crippen LogP contribution in [0.15, 0.2) is 24.3 Å². The van der Waals surface area contributed by atoms with Crippen LogP contribution in [0.3, 0.4) is 0 Å². The third kappa shape index (κ3) is 6.06. The maximum atomic E-state index is 9.25. The van der Waals surface area contributed by atoms with Gasteiger partial charge >= 0.3 is 0 Å². The minimum absolute atomic E-state index is 0.116. The molecule has 20 heavy (non-hydrogen) atoms. The third-order valence-corrected chi connectivity index (χ3v) is 3.63. The van der Waals surface area contributed by atoms with Gasteiger partial charge in [-0.25, -0.2) is 0 Å². The van der Waals surface area contributed by atoms with Gasteiger partial charge in [-0.05, 0) is 50.3 Å². The Morgan fingerprint density at radius 3 is 2.10 bits per heavy atom. The molecule has 0 atom stereocenters. The first-order chi connectivity index (χ1) is 9.12. The van der Waals surface area contributed by atoms with Crippen LogP contribution in [0.5, 0.6) is 0 Å². The van der Waals surface area contributed by atoms with Crippen LogP contribution >= 0.6 is 0 Å². The van der Waals surface area contributed by atoms with Crippen molar-refractivity contribution in [3.63, 3.8) is 0 Å². The summed E-state index contributed by atoms with van der Waals surface area (Å²) in [5.74, 6) is 0. The highest BCUT2D eigenvalue weighted by molar-refractivity contribution is 5.23. The monoisotopic (exact) mass is 277 g/mol. The van der Waals surface area contributed by atoms with E-state index in [1.807, 2.05) is 12.1 Å². The molecule has 114 valence electrons. The number of hydrogen-bond acceptors (Lipinski definition) is 2. The molecule has 0 radical (unpaired) electrons. The molecule has 0 unspecified atom stereocenters. The first kappa shape index (κ1) is 17.2. The van der Waals surface area contributed by atoms with Gasteiger partial charge in [0.15, 0.2) is 0 Å². The third-order valence-electron chi connectivity index (χ3n) is 3.63. The van der Waals surface area contributed by atoms with E-state index in [9.17, 15) is 5.11 Å². The summed E-state index contributed by atoms with van der Waals surface area (Å²) in [7, 11) is 0. The summed E-state index contributed by atoms with van der Waals surface area (Å²) in [6.45, 7) is 15.8. The van der Waals surface area contributed by atoms with Crippen LogP contribution in [0.2, 0.25) is 0 Å². The normalized spacial score (nSPS) is 13.0. The predicted octanol–water partition coefficient (Wildman–Crippen LogP) is 4.22. The average molecular weight is 277 g/mol. The molecule has 2 nitrogen and oxygen atoms in total. The maximum Gasteiger partial charge on any atom is 0.0681 e. The number of nitrogens with zero attached hydrogens (tertiary/aromatic N) is 1. The van der Waals surface area contributed by atoms with Gasteiger partial charge in [0.1, 0.15) is 0 Å². The predicted molar refractivity (Wildman–Crippen MR) is 86.6 cm³/mol. The number of hydrogen-bond donors (Lipinski definition) is 1. The Bertz CT molecular complexity index is 412. The van der Waals surface area contributed by atoms with Crippen molar-refractivity contribution in [1.82, 2.24) is 4.90 Å². The molecule has 0 bridgehead atoms. The van der Waals surface area contributed by atoms with Crippen LogP contribution in [0.1, 0.15) is 59.1 Å². The molecule has 1 N–H and O–H groups in total. The lowest BCUT2D eigenvalue weighted by atomic mass is 9.91. The van der Waals surface area contributed by atoms with Crippen LogP contribution in [0.25, 0.3) is 0 Å². The quantitative estimate of drug-likeness (QED) is 0.871. The lowest BCUT2D eigenvalue weighted by Crippen LogP contribution is -2.42. The van der Waals surface area contributed by atoms with Crippen molar-refractivity contribution in [2.75, 3.05) is 6.54 Å². The second-order valence-corrected chi connectivity index (χ2v) is 7.88. The first-order valence-electron chi connectivity index (χ1n) is 7.55. The summed E-state index contributed by atoms with van der Waals surface area (Å²) in [5.41, 5.74) is 2.78. The van der Waals surface area contributed by atoms with Crippen molar-refractivity contribution in [2.45, 2.75) is 66.7 Å². The summed E-state index contributed by atoms with van der Waals surface area (Å²) < 4.78 is 0. The Kier molecular flexibility index (Phi) is 5.79. The van der Waals surface area contributed by atoms with E-state index in [4.69, 9.17) is 0 Å². The maximum absolute atomic E-state index is 9.25. The molecule has 2 heteroatoms. The van der Waals surface area contributed by atoms with E-state index in [2.05, 4.69) is 58.6 Å².